The molecule has 26 heavy (non-hydrogen) atoms. The van der Waals surface area contributed by atoms with E-state index in [-0.39, 0.29) is 6.61 Å². The molecule has 3 rings (SSSR count). The Hall–Kier alpha value is -2.06. The SMILES string of the molecule is CC(C)(O)COCc1cncc(-c2cnc3c(c2)CCCN3C(N)O)c1. The third kappa shape index (κ3) is 4.56. The maximum Gasteiger partial charge on any atom is 0.182 e. The van der Waals surface area contributed by atoms with Crippen LogP contribution in [0.2, 0.25) is 0 Å². The van der Waals surface area contributed by atoms with Gasteiger partial charge < -0.3 is 19.8 Å². The van der Waals surface area contributed by atoms with E-state index >= 15 is 0 Å². The monoisotopic (exact) mass is 358 g/mol. The highest BCUT2D eigenvalue weighted by molar-refractivity contribution is 5.66. The summed E-state index contributed by atoms with van der Waals surface area (Å²) in [5, 5.41) is 19.4. The van der Waals surface area contributed by atoms with E-state index < -0.39 is 12.0 Å². The Balaban J connectivity index is 1.78. The number of hydrogen-bond donors (Lipinski definition) is 3. The highest BCUT2D eigenvalue weighted by Crippen LogP contribution is 2.29. The molecule has 0 aromatic carbocycles. The van der Waals surface area contributed by atoms with Gasteiger partial charge in [0.15, 0.2) is 6.35 Å². The summed E-state index contributed by atoms with van der Waals surface area (Å²) in [6.07, 6.45) is 6.12. The summed E-state index contributed by atoms with van der Waals surface area (Å²) in [4.78, 5) is 10.5. The van der Waals surface area contributed by atoms with Crippen LogP contribution in [0.25, 0.3) is 11.1 Å². The van der Waals surface area contributed by atoms with Gasteiger partial charge in [0.25, 0.3) is 0 Å². The van der Waals surface area contributed by atoms with Crippen LogP contribution in [0.3, 0.4) is 0 Å². The number of aliphatic hydroxyl groups excluding tert-OH is 1. The van der Waals surface area contributed by atoms with Crippen LogP contribution in [0.4, 0.5) is 5.82 Å². The van der Waals surface area contributed by atoms with Crippen molar-refractivity contribution in [1.82, 2.24) is 9.97 Å². The molecular formula is C19H26N4O3. The topological polar surface area (TPSA) is 105 Å². The van der Waals surface area contributed by atoms with Gasteiger partial charge in [-0.25, -0.2) is 4.98 Å². The molecule has 3 heterocycles. The van der Waals surface area contributed by atoms with Gasteiger partial charge in [0.05, 0.1) is 18.8 Å². The van der Waals surface area contributed by atoms with E-state index in [1.165, 1.54) is 0 Å². The number of pyridine rings is 2. The van der Waals surface area contributed by atoms with Gasteiger partial charge in [0.2, 0.25) is 0 Å². The molecule has 1 atom stereocenters. The Morgan fingerprint density at radius 1 is 1.27 bits per heavy atom. The first kappa shape index (κ1) is 18.7. The van der Waals surface area contributed by atoms with Crippen LogP contribution in [-0.2, 0) is 17.8 Å². The molecule has 1 aliphatic rings. The number of nitrogens with two attached hydrogens (primary N) is 1. The summed E-state index contributed by atoms with van der Waals surface area (Å²) < 4.78 is 5.55. The van der Waals surface area contributed by atoms with Gasteiger partial charge in [-0.15, -0.1) is 0 Å². The molecule has 0 amide bonds. The minimum absolute atomic E-state index is 0.259. The molecule has 0 spiro atoms. The van der Waals surface area contributed by atoms with Crippen molar-refractivity contribution in [3.05, 3.63) is 41.9 Å². The maximum atomic E-state index is 9.72. The number of aliphatic hydroxyl groups is 2. The van der Waals surface area contributed by atoms with Crippen LogP contribution in [0, 0.1) is 0 Å². The van der Waals surface area contributed by atoms with Gasteiger partial charge in [-0.1, -0.05) is 0 Å². The van der Waals surface area contributed by atoms with Gasteiger partial charge in [-0.2, -0.15) is 0 Å². The predicted octanol–water partition coefficient (Wildman–Crippen LogP) is 1.42. The second kappa shape index (κ2) is 7.67. The van der Waals surface area contributed by atoms with E-state index in [4.69, 9.17) is 10.5 Å². The molecule has 1 aliphatic heterocycles. The van der Waals surface area contributed by atoms with Gasteiger partial charge in [-0.05, 0) is 49.9 Å². The average Bonchev–Trinajstić information content (AvgIpc) is 2.60. The lowest BCUT2D eigenvalue weighted by molar-refractivity contribution is -0.0269. The van der Waals surface area contributed by atoms with E-state index in [2.05, 4.69) is 16.0 Å². The molecule has 4 N–H and O–H groups in total. The molecular weight excluding hydrogens is 332 g/mol. The maximum absolute atomic E-state index is 9.72. The Morgan fingerprint density at radius 2 is 2.04 bits per heavy atom. The van der Waals surface area contributed by atoms with E-state index in [0.29, 0.717) is 13.2 Å². The molecule has 0 fully saturated rings. The third-order valence-corrected chi connectivity index (χ3v) is 4.23. The zero-order valence-corrected chi connectivity index (χ0v) is 15.2. The molecule has 0 bridgehead atoms. The van der Waals surface area contributed by atoms with Crippen LogP contribution >= 0.6 is 0 Å². The highest BCUT2D eigenvalue weighted by Gasteiger charge is 2.22. The van der Waals surface area contributed by atoms with Crippen LogP contribution < -0.4 is 10.6 Å². The number of ether oxygens (including phenoxy) is 1. The lowest BCUT2D eigenvalue weighted by atomic mass is 10.0. The zero-order chi connectivity index (χ0) is 18.7. The van der Waals surface area contributed by atoms with Crippen molar-refractivity contribution in [3.63, 3.8) is 0 Å². The normalized spacial score (nSPS) is 15.7. The molecule has 2 aromatic rings. The van der Waals surface area contributed by atoms with Crippen molar-refractivity contribution < 1.29 is 14.9 Å². The number of anilines is 1. The van der Waals surface area contributed by atoms with Gasteiger partial charge >= 0.3 is 0 Å². The molecule has 2 aromatic heterocycles. The summed E-state index contributed by atoms with van der Waals surface area (Å²) in [5.74, 6) is 0.743. The van der Waals surface area contributed by atoms with Crippen molar-refractivity contribution in [3.8, 4) is 11.1 Å². The van der Waals surface area contributed by atoms with Gasteiger partial charge in [0.1, 0.15) is 5.82 Å². The van der Waals surface area contributed by atoms with E-state index in [0.717, 1.165) is 40.9 Å². The van der Waals surface area contributed by atoms with Crippen LogP contribution in [-0.4, -0.2) is 45.3 Å². The molecule has 0 aliphatic carbocycles. The number of aromatic nitrogens is 2. The van der Waals surface area contributed by atoms with E-state index in [1.807, 2.05) is 6.07 Å². The molecule has 0 saturated heterocycles. The van der Waals surface area contributed by atoms with Crippen LogP contribution in [0.1, 0.15) is 31.4 Å². The lowest BCUT2D eigenvalue weighted by Crippen LogP contribution is -2.45. The van der Waals surface area contributed by atoms with Crippen LogP contribution in [0.5, 0.6) is 0 Å². The van der Waals surface area contributed by atoms with Crippen LogP contribution in [0.15, 0.2) is 30.7 Å². The number of nitrogens with zero attached hydrogens (tertiary/aromatic N) is 3. The first-order valence-electron chi connectivity index (χ1n) is 8.77. The Bertz CT molecular complexity index is 759. The molecule has 140 valence electrons. The Labute approximate surface area is 153 Å². The number of rotatable bonds is 6. The summed E-state index contributed by atoms with van der Waals surface area (Å²) in [7, 11) is 0. The van der Waals surface area contributed by atoms with Gasteiger partial charge in [-0.3, -0.25) is 10.7 Å². The largest absolute Gasteiger partial charge is 0.388 e. The second-order valence-electron chi connectivity index (χ2n) is 7.30. The minimum Gasteiger partial charge on any atom is -0.388 e. The van der Waals surface area contributed by atoms with E-state index in [1.54, 1.807) is 37.3 Å². The average molecular weight is 358 g/mol. The minimum atomic E-state index is -1.04. The number of fused-ring (bicyclic) bond motifs is 1. The predicted molar refractivity (Wildman–Crippen MR) is 99.3 cm³/mol. The summed E-state index contributed by atoms with van der Waals surface area (Å²) in [6.45, 7) is 4.77. The first-order valence-corrected chi connectivity index (χ1v) is 8.77. The lowest BCUT2D eigenvalue weighted by Gasteiger charge is -2.32. The van der Waals surface area contributed by atoms with Gasteiger partial charge in [0, 0.05) is 36.3 Å². The van der Waals surface area contributed by atoms with Crippen molar-refractivity contribution in [1.29, 1.82) is 0 Å². The number of aryl methyl sites for hydroxylation is 1. The molecule has 7 heteroatoms. The van der Waals surface area contributed by atoms with E-state index in [9.17, 15) is 10.2 Å². The molecule has 1 unspecified atom stereocenters. The molecule has 0 radical (unpaired) electrons. The standard InChI is InChI=1S/C19H26N4O3/c1-19(2,25)12-26-11-13-6-15(9-21-8-13)16-7-14-4-3-5-23(18(20)24)17(14)22-10-16/h6-10,18,24-25H,3-5,11-12,20H2,1-2H3. The van der Waals surface area contributed by atoms with Crippen molar-refractivity contribution in [2.24, 2.45) is 5.73 Å². The fraction of sp³-hybridized carbons (Fsp3) is 0.474. The first-order chi connectivity index (χ1) is 12.3. The zero-order valence-electron chi connectivity index (χ0n) is 15.2. The fourth-order valence-electron chi connectivity index (χ4n) is 3.05. The summed E-state index contributed by atoms with van der Waals surface area (Å²) in [6, 6.07) is 4.09. The third-order valence-electron chi connectivity index (χ3n) is 4.23. The highest BCUT2D eigenvalue weighted by atomic mass is 16.5. The molecule has 0 saturated carbocycles. The second-order valence-corrected chi connectivity index (χ2v) is 7.30. The summed E-state index contributed by atoms with van der Waals surface area (Å²) >= 11 is 0. The van der Waals surface area contributed by atoms with Crippen molar-refractivity contribution in [2.75, 3.05) is 18.1 Å². The molecule has 7 nitrogen and oxygen atoms in total. The summed E-state index contributed by atoms with van der Waals surface area (Å²) in [5.41, 5.74) is 8.70. The quantitative estimate of drug-likeness (QED) is 0.671. The van der Waals surface area contributed by atoms with Crippen molar-refractivity contribution >= 4 is 5.82 Å². The fourth-order valence-corrected chi connectivity index (χ4v) is 3.05. The Kier molecular flexibility index (Phi) is 5.52. The smallest absolute Gasteiger partial charge is 0.182 e. The number of hydrogen-bond acceptors (Lipinski definition) is 7. The Morgan fingerprint density at radius 3 is 2.77 bits per heavy atom. The van der Waals surface area contributed by atoms with Crippen molar-refractivity contribution in [2.45, 2.75) is 45.2 Å².